The summed E-state index contributed by atoms with van der Waals surface area (Å²) in [7, 11) is 1.63. The molecule has 5 nitrogen and oxygen atoms in total. The second kappa shape index (κ2) is 6.01. The maximum atomic E-state index is 12.5. The number of methoxy groups -OCH3 is 1. The van der Waals surface area contributed by atoms with Crippen LogP contribution in [0.3, 0.4) is 0 Å². The lowest BCUT2D eigenvalue weighted by atomic mass is 9.95. The van der Waals surface area contributed by atoms with Crippen molar-refractivity contribution in [3.63, 3.8) is 0 Å². The Labute approximate surface area is 129 Å². The molecule has 1 amide bonds. The van der Waals surface area contributed by atoms with E-state index in [9.17, 15) is 9.90 Å². The number of nitrogens with one attached hydrogen (secondary N) is 1. The maximum absolute atomic E-state index is 12.5. The minimum atomic E-state index is -0.421. The lowest BCUT2D eigenvalue weighted by molar-refractivity contribution is -0.134. The van der Waals surface area contributed by atoms with Crippen molar-refractivity contribution in [2.45, 2.75) is 25.9 Å². The molecule has 1 aliphatic heterocycles. The first-order chi connectivity index (χ1) is 10.6. The number of hydrogen-bond acceptors (Lipinski definition) is 3. The number of ether oxygens (including phenoxy) is 1. The van der Waals surface area contributed by atoms with Crippen molar-refractivity contribution in [2.75, 3.05) is 20.2 Å². The Morgan fingerprint density at radius 1 is 1.50 bits per heavy atom. The third kappa shape index (κ3) is 2.68. The van der Waals surface area contributed by atoms with Crippen molar-refractivity contribution in [1.82, 2.24) is 9.88 Å². The zero-order valence-electron chi connectivity index (χ0n) is 13.0. The molecule has 1 fully saturated rings. The standard InChI is InChI=1S/C17H22N2O3/c1-11-6-7-19(10-14(11)20)16(21)8-12-9-18-13-4-3-5-15(22-2)17(12)13/h3-5,9,11,14,18,20H,6-8,10H2,1-2H3. The molecule has 118 valence electrons. The van der Waals surface area contributed by atoms with Gasteiger partial charge in [-0.25, -0.2) is 0 Å². The molecule has 2 heterocycles. The van der Waals surface area contributed by atoms with E-state index in [0.717, 1.165) is 35.2 Å². The van der Waals surface area contributed by atoms with Gasteiger partial charge in [-0.05, 0) is 30.0 Å². The third-order valence-electron chi connectivity index (χ3n) is 4.58. The van der Waals surface area contributed by atoms with Crippen molar-refractivity contribution in [3.8, 4) is 5.75 Å². The van der Waals surface area contributed by atoms with Gasteiger partial charge in [-0.2, -0.15) is 0 Å². The molecule has 0 bridgehead atoms. The minimum absolute atomic E-state index is 0.0535. The predicted molar refractivity (Wildman–Crippen MR) is 84.9 cm³/mol. The van der Waals surface area contributed by atoms with Crippen LogP contribution in [0.15, 0.2) is 24.4 Å². The lowest BCUT2D eigenvalue weighted by Crippen LogP contribution is -2.46. The van der Waals surface area contributed by atoms with Gasteiger partial charge in [0.25, 0.3) is 0 Å². The van der Waals surface area contributed by atoms with Gasteiger partial charge in [-0.15, -0.1) is 0 Å². The van der Waals surface area contributed by atoms with Crippen molar-refractivity contribution >= 4 is 16.8 Å². The van der Waals surface area contributed by atoms with E-state index in [-0.39, 0.29) is 11.8 Å². The first-order valence-corrected chi connectivity index (χ1v) is 7.69. The van der Waals surface area contributed by atoms with Gasteiger partial charge < -0.3 is 19.7 Å². The third-order valence-corrected chi connectivity index (χ3v) is 4.58. The van der Waals surface area contributed by atoms with Crippen LogP contribution < -0.4 is 4.74 Å². The van der Waals surface area contributed by atoms with E-state index in [4.69, 9.17) is 4.74 Å². The maximum Gasteiger partial charge on any atom is 0.227 e. The monoisotopic (exact) mass is 302 g/mol. The van der Waals surface area contributed by atoms with Crippen LogP contribution in [-0.2, 0) is 11.2 Å². The molecule has 1 aliphatic rings. The van der Waals surface area contributed by atoms with Crippen LogP contribution in [0.25, 0.3) is 10.9 Å². The van der Waals surface area contributed by atoms with Crippen LogP contribution in [-0.4, -0.2) is 47.2 Å². The Hall–Kier alpha value is -2.01. The van der Waals surface area contributed by atoms with E-state index in [1.807, 2.05) is 31.3 Å². The van der Waals surface area contributed by atoms with Crippen molar-refractivity contribution in [3.05, 3.63) is 30.0 Å². The summed E-state index contributed by atoms with van der Waals surface area (Å²) in [6, 6.07) is 5.79. The van der Waals surface area contributed by atoms with Crippen molar-refractivity contribution in [1.29, 1.82) is 0 Å². The number of aromatic amines is 1. The Bertz CT molecular complexity index is 680. The van der Waals surface area contributed by atoms with Gasteiger partial charge >= 0.3 is 0 Å². The van der Waals surface area contributed by atoms with Crippen molar-refractivity contribution in [2.24, 2.45) is 5.92 Å². The number of carbonyl (C=O) groups is 1. The quantitative estimate of drug-likeness (QED) is 0.911. The fraction of sp³-hybridized carbons (Fsp3) is 0.471. The summed E-state index contributed by atoms with van der Waals surface area (Å²) in [6.07, 6.45) is 2.62. The molecule has 2 aromatic rings. The van der Waals surface area contributed by atoms with Gasteiger partial charge in [-0.1, -0.05) is 13.0 Å². The molecular weight excluding hydrogens is 280 g/mol. The van der Waals surface area contributed by atoms with E-state index >= 15 is 0 Å². The highest BCUT2D eigenvalue weighted by Crippen LogP contribution is 2.29. The molecular formula is C17H22N2O3. The number of H-pyrrole nitrogens is 1. The van der Waals surface area contributed by atoms with E-state index < -0.39 is 6.10 Å². The predicted octanol–water partition coefficient (Wildman–Crippen LogP) is 1.95. The molecule has 0 aliphatic carbocycles. The largest absolute Gasteiger partial charge is 0.496 e. The minimum Gasteiger partial charge on any atom is -0.496 e. The number of hydrogen-bond donors (Lipinski definition) is 2. The Balaban J connectivity index is 1.80. The highest BCUT2D eigenvalue weighted by molar-refractivity contribution is 5.93. The average molecular weight is 302 g/mol. The lowest BCUT2D eigenvalue weighted by Gasteiger charge is -2.34. The van der Waals surface area contributed by atoms with Crippen LogP contribution in [0.4, 0.5) is 0 Å². The fourth-order valence-electron chi connectivity index (χ4n) is 3.08. The number of piperidine rings is 1. The van der Waals surface area contributed by atoms with E-state index in [2.05, 4.69) is 4.98 Å². The second-order valence-corrected chi connectivity index (χ2v) is 6.05. The SMILES string of the molecule is COc1cccc2[nH]cc(CC(=O)N3CCC(C)C(O)C3)c12. The smallest absolute Gasteiger partial charge is 0.227 e. The summed E-state index contributed by atoms with van der Waals surface area (Å²) < 4.78 is 5.40. The molecule has 2 unspecified atom stereocenters. The number of aliphatic hydroxyl groups excluding tert-OH is 1. The van der Waals surface area contributed by atoms with E-state index in [0.29, 0.717) is 13.0 Å². The zero-order chi connectivity index (χ0) is 15.7. The van der Waals surface area contributed by atoms with Gasteiger partial charge in [0.2, 0.25) is 5.91 Å². The number of amides is 1. The second-order valence-electron chi connectivity index (χ2n) is 6.05. The van der Waals surface area contributed by atoms with Gasteiger partial charge in [0.1, 0.15) is 5.75 Å². The van der Waals surface area contributed by atoms with Crippen molar-refractivity contribution < 1.29 is 14.6 Å². The molecule has 5 heteroatoms. The summed E-state index contributed by atoms with van der Waals surface area (Å²) in [4.78, 5) is 17.5. The summed E-state index contributed by atoms with van der Waals surface area (Å²) >= 11 is 0. The molecule has 0 saturated carbocycles. The van der Waals surface area contributed by atoms with E-state index in [1.54, 1.807) is 12.0 Å². The summed E-state index contributed by atoms with van der Waals surface area (Å²) in [5, 5.41) is 10.9. The fourth-order valence-corrected chi connectivity index (χ4v) is 3.08. The summed E-state index contributed by atoms with van der Waals surface area (Å²) in [5.74, 6) is 1.09. The van der Waals surface area contributed by atoms with Crippen LogP contribution >= 0.6 is 0 Å². The number of benzene rings is 1. The summed E-state index contributed by atoms with van der Waals surface area (Å²) in [5.41, 5.74) is 1.90. The normalized spacial score (nSPS) is 22.0. The molecule has 0 spiro atoms. The first kappa shape index (κ1) is 14.9. The molecule has 1 aromatic carbocycles. The molecule has 1 saturated heterocycles. The van der Waals surface area contributed by atoms with E-state index in [1.165, 1.54) is 0 Å². The van der Waals surface area contributed by atoms with Gasteiger partial charge in [-0.3, -0.25) is 4.79 Å². The molecule has 1 aromatic heterocycles. The van der Waals surface area contributed by atoms with Crippen LogP contribution in [0.2, 0.25) is 0 Å². The summed E-state index contributed by atoms with van der Waals surface area (Å²) in [6.45, 7) is 3.17. The topological polar surface area (TPSA) is 65.6 Å². The highest BCUT2D eigenvalue weighted by atomic mass is 16.5. The molecule has 3 rings (SSSR count). The number of β-amino-alcohol motifs (C(OH)–C–C–N with tert-alkyl or cyclic N) is 1. The molecule has 0 radical (unpaired) electrons. The van der Waals surface area contributed by atoms with Gasteiger partial charge in [0.05, 0.1) is 19.6 Å². The number of fused-ring (bicyclic) bond motifs is 1. The Morgan fingerprint density at radius 2 is 2.32 bits per heavy atom. The van der Waals surface area contributed by atoms with Crippen LogP contribution in [0, 0.1) is 5.92 Å². The number of carbonyl (C=O) groups excluding carboxylic acids is 1. The Kier molecular flexibility index (Phi) is 4.07. The highest BCUT2D eigenvalue weighted by Gasteiger charge is 2.27. The van der Waals surface area contributed by atoms with Crippen LogP contribution in [0.5, 0.6) is 5.75 Å². The molecule has 2 N–H and O–H groups in total. The Morgan fingerprint density at radius 3 is 3.05 bits per heavy atom. The number of aliphatic hydroxyl groups is 1. The van der Waals surface area contributed by atoms with Gasteiger partial charge in [0.15, 0.2) is 0 Å². The number of likely N-dealkylation sites (tertiary alicyclic amines) is 1. The average Bonchev–Trinajstić information content (AvgIpc) is 2.93. The number of rotatable bonds is 3. The number of aromatic nitrogens is 1. The zero-order valence-corrected chi connectivity index (χ0v) is 13.0. The molecule has 2 atom stereocenters. The first-order valence-electron chi connectivity index (χ1n) is 7.69. The number of nitrogens with zero attached hydrogens (tertiary/aromatic N) is 1. The van der Waals surface area contributed by atoms with Gasteiger partial charge in [0, 0.05) is 30.2 Å². The molecule has 22 heavy (non-hydrogen) atoms. The van der Waals surface area contributed by atoms with Crippen LogP contribution in [0.1, 0.15) is 18.9 Å².